The number of benzene rings is 3. The Kier molecular flexibility index (Phi) is 7.33. The van der Waals surface area contributed by atoms with Crippen LogP contribution >= 0.6 is 0 Å². The topological polar surface area (TPSA) is 98.5 Å². The van der Waals surface area contributed by atoms with Gasteiger partial charge in [0.15, 0.2) is 0 Å². The highest BCUT2D eigenvalue weighted by atomic mass is 16.6. The molecule has 3 aromatic carbocycles. The van der Waals surface area contributed by atoms with E-state index in [9.17, 15) is 19.7 Å². The van der Waals surface area contributed by atoms with Gasteiger partial charge < -0.3 is 10.1 Å². The van der Waals surface area contributed by atoms with Crippen molar-refractivity contribution in [3.8, 4) is 11.1 Å². The number of ether oxygens (including phenoxy) is 1. The number of esters is 1. The monoisotopic (exact) mass is 432 g/mol. The van der Waals surface area contributed by atoms with Crippen LogP contribution in [0.5, 0.6) is 0 Å². The third-order valence-corrected chi connectivity index (χ3v) is 5.01. The molecular formula is C25H24N2O5. The molecule has 32 heavy (non-hydrogen) atoms. The Hall–Kier alpha value is -4.00. The Balaban J connectivity index is 1.71. The zero-order valence-electron chi connectivity index (χ0n) is 17.9. The van der Waals surface area contributed by atoms with Gasteiger partial charge in [-0.25, -0.2) is 4.79 Å². The molecule has 0 saturated carbocycles. The maximum absolute atomic E-state index is 12.7. The van der Waals surface area contributed by atoms with Crippen LogP contribution in [0.1, 0.15) is 29.8 Å². The van der Waals surface area contributed by atoms with E-state index in [1.165, 1.54) is 18.2 Å². The molecule has 0 heterocycles. The van der Waals surface area contributed by atoms with Gasteiger partial charge in [0.05, 0.1) is 17.1 Å². The molecular weight excluding hydrogens is 408 g/mol. The summed E-state index contributed by atoms with van der Waals surface area (Å²) in [7, 11) is 0. The smallest absolute Gasteiger partial charge is 0.338 e. The van der Waals surface area contributed by atoms with Gasteiger partial charge >= 0.3 is 5.97 Å². The normalized spacial score (nSPS) is 11.4. The second kappa shape index (κ2) is 10.3. The number of amides is 1. The van der Waals surface area contributed by atoms with Gasteiger partial charge in [-0.3, -0.25) is 14.9 Å². The van der Waals surface area contributed by atoms with Gasteiger partial charge in [-0.1, -0.05) is 61.5 Å². The van der Waals surface area contributed by atoms with E-state index in [1.807, 2.05) is 54.6 Å². The number of carbonyl (C=O) groups excluding carboxylic acids is 2. The van der Waals surface area contributed by atoms with E-state index in [0.29, 0.717) is 6.42 Å². The van der Waals surface area contributed by atoms with Crippen molar-refractivity contribution in [2.45, 2.75) is 20.3 Å². The molecule has 0 aliphatic heterocycles. The van der Waals surface area contributed by atoms with E-state index in [1.54, 1.807) is 13.8 Å². The fraction of sp³-hybridized carbons (Fsp3) is 0.200. The second-order valence-corrected chi connectivity index (χ2v) is 7.37. The van der Waals surface area contributed by atoms with Gasteiger partial charge in [-0.2, -0.15) is 0 Å². The van der Waals surface area contributed by atoms with Crippen LogP contribution in [-0.4, -0.2) is 23.4 Å². The maximum Gasteiger partial charge on any atom is 0.338 e. The maximum atomic E-state index is 12.7. The Morgan fingerprint density at radius 2 is 1.66 bits per heavy atom. The highest BCUT2D eigenvalue weighted by Gasteiger charge is 2.22. The first kappa shape index (κ1) is 22.7. The standard InChI is InChI=1S/C25H24N2O5/c1-3-32-25(29)21-13-14-23(27(30)31)22(16-21)26-24(28)17(2)15-18-9-11-20(12-10-18)19-7-5-4-6-8-19/h4-14,16-17H,3,15H2,1-2H3,(H,26,28). The van der Waals surface area contributed by atoms with Gasteiger partial charge in [0.2, 0.25) is 5.91 Å². The van der Waals surface area contributed by atoms with Crippen LogP contribution in [0.2, 0.25) is 0 Å². The van der Waals surface area contributed by atoms with Crippen LogP contribution in [0, 0.1) is 16.0 Å². The molecule has 1 unspecified atom stereocenters. The van der Waals surface area contributed by atoms with Gasteiger partial charge in [0, 0.05) is 12.0 Å². The minimum Gasteiger partial charge on any atom is -0.462 e. The van der Waals surface area contributed by atoms with E-state index in [-0.39, 0.29) is 29.5 Å². The number of hydrogen-bond donors (Lipinski definition) is 1. The highest BCUT2D eigenvalue weighted by molar-refractivity contribution is 5.97. The van der Waals surface area contributed by atoms with Crippen molar-refractivity contribution in [1.82, 2.24) is 0 Å². The molecule has 0 bridgehead atoms. The molecule has 1 N–H and O–H groups in total. The highest BCUT2D eigenvalue weighted by Crippen LogP contribution is 2.27. The summed E-state index contributed by atoms with van der Waals surface area (Å²) < 4.78 is 4.93. The van der Waals surface area contributed by atoms with Gasteiger partial charge in [-0.15, -0.1) is 0 Å². The molecule has 3 aromatic rings. The van der Waals surface area contributed by atoms with Crippen LogP contribution in [-0.2, 0) is 16.0 Å². The SMILES string of the molecule is CCOC(=O)c1ccc([N+](=O)[O-])c(NC(=O)C(C)Cc2ccc(-c3ccccc3)cc2)c1. The van der Waals surface area contributed by atoms with Crippen LogP contribution in [0.25, 0.3) is 11.1 Å². The predicted molar refractivity (Wildman–Crippen MR) is 122 cm³/mol. The van der Waals surface area contributed by atoms with Crippen molar-refractivity contribution in [2.75, 3.05) is 11.9 Å². The number of nitro groups is 1. The summed E-state index contributed by atoms with van der Waals surface area (Å²) in [6.07, 6.45) is 0.465. The average molecular weight is 432 g/mol. The zero-order chi connectivity index (χ0) is 23.1. The van der Waals surface area contributed by atoms with E-state index >= 15 is 0 Å². The van der Waals surface area contributed by atoms with E-state index in [0.717, 1.165) is 16.7 Å². The molecule has 0 aliphatic rings. The Morgan fingerprint density at radius 1 is 1.00 bits per heavy atom. The van der Waals surface area contributed by atoms with Crippen molar-refractivity contribution in [3.63, 3.8) is 0 Å². The zero-order valence-corrected chi connectivity index (χ0v) is 17.9. The second-order valence-electron chi connectivity index (χ2n) is 7.37. The number of anilines is 1. The quantitative estimate of drug-likeness (QED) is 0.298. The first-order valence-electron chi connectivity index (χ1n) is 10.3. The molecule has 7 heteroatoms. The predicted octanol–water partition coefficient (Wildman–Crippen LogP) is 5.26. The van der Waals surface area contributed by atoms with Gasteiger partial charge in [0.1, 0.15) is 5.69 Å². The first-order valence-corrected chi connectivity index (χ1v) is 10.3. The summed E-state index contributed by atoms with van der Waals surface area (Å²) in [6, 6.07) is 21.7. The summed E-state index contributed by atoms with van der Waals surface area (Å²) in [6.45, 7) is 3.60. The fourth-order valence-electron chi connectivity index (χ4n) is 3.30. The van der Waals surface area contributed by atoms with Crippen LogP contribution in [0.15, 0.2) is 72.8 Å². The molecule has 0 aliphatic carbocycles. The third kappa shape index (κ3) is 5.57. The molecule has 0 fully saturated rings. The number of carbonyl (C=O) groups is 2. The molecule has 7 nitrogen and oxygen atoms in total. The molecule has 1 amide bonds. The van der Waals surface area contributed by atoms with E-state index < -0.39 is 16.8 Å². The number of hydrogen-bond acceptors (Lipinski definition) is 5. The van der Waals surface area contributed by atoms with Crippen molar-refractivity contribution >= 4 is 23.3 Å². The van der Waals surface area contributed by atoms with Crippen LogP contribution in [0.3, 0.4) is 0 Å². The van der Waals surface area contributed by atoms with Gasteiger partial charge in [0.25, 0.3) is 5.69 Å². The largest absolute Gasteiger partial charge is 0.462 e. The summed E-state index contributed by atoms with van der Waals surface area (Å²) in [4.78, 5) is 35.5. The average Bonchev–Trinajstić information content (AvgIpc) is 2.80. The number of nitrogens with zero attached hydrogens (tertiary/aromatic N) is 1. The molecule has 0 aromatic heterocycles. The Bertz CT molecular complexity index is 1110. The third-order valence-electron chi connectivity index (χ3n) is 5.01. The molecule has 0 saturated heterocycles. The lowest BCUT2D eigenvalue weighted by molar-refractivity contribution is -0.383. The fourth-order valence-corrected chi connectivity index (χ4v) is 3.30. The van der Waals surface area contributed by atoms with Gasteiger partial charge in [-0.05, 0) is 42.2 Å². The molecule has 3 rings (SSSR count). The lowest BCUT2D eigenvalue weighted by Gasteiger charge is -2.14. The molecule has 164 valence electrons. The van der Waals surface area contributed by atoms with Crippen molar-refractivity contribution in [3.05, 3.63) is 94.0 Å². The summed E-state index contributed by atoms with van der Waals surface area (Å²) in [5.74, 6) is -1.42. The van der Waals surface area contributed by atoms with E-state index in [2.05, 4.69) is 5.32 Å². The van der Waals surface area contributed by atoms with Crippen molar-refractivity contribution < 1.29 is 19.2 Å². The van der Waals surface area contributed by atoms with Crippen LogP contribution < -0.4 is 5.32 Å². The minimum atomic E-state index is -0.607. The summed E-state index contributed by atoms with van der Waals surface area (Å²) in [5.41, 5.74) is 2.98. The Labute approximate surface area is 186 Å². The number of nitrogens with one attached hydrogen (secondary N) is 1. The van der Waals surface area contributed by atoms with E-state index in [4.69, 9.17) is 4.74 Å². The van der Waals surface area contributed by atoms with Crippen LogP contribution in [0.4, 0.5) is 11.4 Å². The number of rotatable bonds is 8. The lowest BCUT2D eigenvalue weighted by atomic mass is 9.97. The first-order chi connectivity index (χ1) is 15.4. The Morgan fingerprint density at radius 3 is 2.28 bits per heavy atom. The molecule has 0 spiro atoms. The molecule has 0 radical (unpaired) electrons. The van der Waals surface area contributed by atoms with Crippen molar-refractivity contribution in [2.24, 2.45) is 5.92 Å². The lowest BCUT2D eigenvalue weighted by Crippen LogP contribution is -2.23. The number of nitro benzene ring substituents is 1. The molecule has 1 atom stereocenters. The summed E-state index contributed by atoms with van der Waals surface area (Å²) >= 11 is 0. The van der Waals surface area contributed by atoms with Crippen molar-refractivity contribution in [1.29, 1.82) is 0 Å². The summed E-state index contributed by atoms with van der Waals surface area (Å²) in [5, 5.41) is 14.0. The minimum absolute atomic E-state index is 0.0307.